The van der Waals surface area contributed by atoms with E-state index in [0.717, 1.165) is 37.9 Å². The molecule has 156 valence electrons. The third kappa shape index (κ3) is 4.89. The number of nitrogens with zero attached hydrogens (tertiary/aromatic N) is 2. The number of benzene rings is 1. The van der Waals surface area contributed by atoms with E-state index >= 15 is 0 Å². The van der Waals surface area contributed by atoms with E-state index in [2.05, 4.69) is 17.1 Å². The predicted octanol–water partition coefficient (Wildman–Crippen LogP) is 5.72. The Bertz CT molecular complexity index is 713. The molecule has 28 heavy (non-hydrogen) atoms. The monoisotopic (exact) mass is 419 g/mol. The van der Waals surface area contributed by atoms with Crippen molar-refractivity contribution >= 4 is 23.0 Å². The molecule has 1 aliphatic heterocycles. The Morgan fingerprint density at radius 2 is 1.75 bits per heavy atom. The predicted molar refractivity (Wildman–Crippen MR) is 103 cm³/mol. The van der Waals surface area contributed by atoms with Crippen LogP contribution in [0, 0.1) is 16.0 Å². The maximum Gasteiger partial charge on any atom is 0.418 e. The Kier molecular flexibility index (Phi) is 6.39. The van der Waals surface area contributed by atoms with E-state index in [4.69, 9.17) is 11.6 Å². The molecule has 1 aliphatic carbocycles. The minimum atomic E-state index is -4.73. The molecule has 0 amide bonds. The average Bonchev–Trinajstić information content (AvgIpc) is 2.62. The fourth-order valence-electron chi connectivity index (χ4n) is 4.28. The summed E-state index contributed by atoms with van der Waals surface area (Å²) >= 11 is 5.75. The first-order valence-corrected chi connectivity index (χ1v) is 10.1. The summed E-state index contributed by atoms with van der Waals surface area (Å²) in [5.41, 5.74) is -1.74. The standard InChI is InChI=1S/C19H25ClF3N3O2/c1-12-2-4-14(5-3-12)25-8-6-13(7-9-25)24-17-11-16(20)15(19(21,22)23)10-18(17)26(27)28/h10-14,24H,2-9H2,1H3. The largest absolute Gasteiger partial charge is 0.418 e. The van der Waals surface area contributed by atoms with Crippen LogP contribution in [0.1, 0.15) is 51.0 Å². The summed E-state index contributed by atoms with van der Waals surface area (Å²) in [6, 6.07) is 2.12. The zero-order chi connectivity index (χ0) is 20.5. The average molecular weight is 420 g/mol. The number of alkyl halides is 3. The maximum atomic E-state index is 13.0. The van der Waals surface area contributed by atoms with Crippen LogP contribution < -0.4 is 5.32 Å². The van der Waals surface area contributed by atoms with Crippen LogP contribution in [0.2, 0.25) is 5.02 Å². The number of piperidine rings is 1. The zero-order valence-corrected chi connectivity index (χ0v) is 16.5. The van der Waals surface area contributed by atoms with Crippen molar-refractivity contribution in [2.24, 2.45) is 5.92 Å². The molecule has 0 radical (unpaired) electrons. The molecule has 1 aromatic carbocycles. The highest BCUT2D eigenvalue weighted by Gasteiger charge is 2.36. The molecule has 3 rings (SSSR count). The molecule has 2 fully saturated rings. The summed E-state index contributed by atoms with van der Waals surface area (Å²) in [6.45, 7) is 4.06. The molecule has 1 saturated heterocycles. The number of anilines is 1. The molecule has 0 bridgehead atoms. The lowest BCUT2D eigenvalue weighted by molar-refractivity contribution is -0.384. The fraction of sp³-hybridized carbons (Fsp3) is 0.684. The highest BCUT2D eigenvalue weighted by molar-refractivity contribution is 6.31. The van der Waals surface area contributed by atoms with Crippen LogP contribution in [0.5, 0.6) is 0 Å². The van der Waals surface area contributed by atoms with Crippen molar-refractivity contribution in [3.05, 3.63) is 32.8 Å². The number of nitro benzene ring substituents is 1. The fourth-order valence-corrected chi connectivity index (χ4v) is 4.55. The third-order valence-corrected chi connectivity index (χ3v) is 6.29. The van der Waals surface area contributed by atoms with E-state index in [-0.39, 0.29) is 11.7 Å². The number of halogens is 4. The molecule has 1 heterocycles. The molecule has 1 saturated carbocycles. The summed E-state index contributed by atoms with van der Waals surface area (Å²) in [6.07, 6.45) is 1.77. The van der Waals surface area contributed by atoms with Gasteiger partial charge in [0.25, 0.3) is 5.69 Å². The molecular weight excluding hydrogens is 395 g/mol. The van der Waals surface area contributed by atoms with E-state index in [9.17, 15) is 23.3 Å². The molecule has 0 unspecified atom stereocenters. The minimum absolute atomic E-state index is 0.0229. The highest BCUT2D eigenvalue weighted by Crippen LogP contribution is 2.41. The molecule has 2 aliphatic rings. The first-order chi connectivity index (χ1) is 13.1. The lowest BCUT2D eigenvalue weighted by Crippen LogP contribution is -2.45. The maximum absolute atomic E-state index is 13.0. The van der Waals surface area contributed by atoms with Crippen molar-refractivity contribution in [3.8, 4) is 0 Å². The van der Waals surface area contributed by atoms with Gasteiger partial charge in [-0.2, -0.15) is 13.2 Å². The van der Waals surface area contributed by atoms with Crippen LogP contribution in [-0.2, 0) is 6.18 Å². The van der Waals surface area contributed by atoms with E-state index in [0.29, 0.717) is 12.1 Å². The van der Waals surface area contributed by atoms with Gasteiger partial charge in [-0.1, -0.05) is 18.5 Å². The SMILES string of the molecule is CC1CCC(N2CCC(Nc3cc(Cl)c(C(F)(F)F)cc3[N+](=O)[O-])CC2)CC1. The minimum Gasteiger partial charge on any atom is -0.377 e. The van der Waals surface area contributed by atoms with Crippen molar-refractivity contribution < 1.29 is 18.1 Å². The van der Waals surface area contributed by atoms with Gasteiger partial charge in [-0.05, 0) is 50.5 Å². The van der Waals surface area contributed by atoms with Gasteiger partial charge < -0.3 is 10.2 Å². The molecule has 0 spiro atoms. The molecule has 1 N–H and O–H groups in total. The van der Waals surface area contributed by atoms with Crippen LogP contribution in [0.3, 0.4) is 0 Å². The Balaban J connectivity index is 1.66. The van der Waals surface area contributed by atoms with E-state index in [1.165, 1.54) is 25.7 Å². The number of rotatable bonds is 4. The normalized spacial score (nSPS) is 24.9. The summed E-state index contributed by atoms with van der Waals surface area (Å²) in [7, 11) is 0. The quantitative estimate of drug-likeness (QED) is 0.500. The van der Waals surface area contributed by atoms with Crippen molar-refractivity contribution in [2.45, 2.75) is 63.7 Å². The second-order valence-corrected chi connectivity index (χ2v) is 8.38. The molecule has 0 aromatic heterocycles. The number of hydrogen-bond acceptors (Lipinski definition) is 4. The van der Waals surface area contributed by atoms with Gasteiger partial charge in [0.15, 0.2) is 0 Å². The first kappa shape index (κ1) is 21.2. The lowest BCUT2D eigenvalue weighted by atomic mass is 9.85. The van der Waals surface area contributed by atoms with Gasteiger partial charge in [-0.15, -0.1) is 0 Å². The number of nitro groups is 1. The van der Waals surface area contributed by atoms with Crippen LogP contribution in [0.25, 0.3) is 0 Å². The first-order valence-electron chi connectivity index (χ1n) is 9.71. The molecular formula is C19H25ClF3N3O2. The van der Waals surface area contributed by atoms with Gasteiger partial charge in [0.1, 0.15) is 5.69 Å². The number of likely N-dealkylation sites (tertiary alicyclic amines) is 1. The molecule has 0 atom stereocenters. The van der Waals surface area contributed by atoms with E-state index < -0.39 is 27.4 Å². The van der Waals surface area contributed by atoms with Crippen LogP contribution in [0.4, 0.5) is 24.5 Å². The van der Waals surface area contributed by atoms with Crippen LogP contribution in [-0.4, -0.2) is 35.0 Å². The second-order valence-electron chi connectivity index (χ2n) is 7.97. The van der Waals surface area contributed by atoms with Crippen molar-refractivity contribution in [3.63, 3.8) is 0 Å². The van der Waals surface area contributed by atoms with Gasteiger partial charge in [0.2, 0.25) is 0 Å². The Morgan fingerprint density at radius 1 is 1.14 bits per heavy atom. The van der Waals surface area contributed by atoms with Crippen molar-refractivity contribution in [1.82, 2.24) is 4.90 Å². The lowest BCUT2D eigenvalue weighted by Gasteiger charge is -2.40. The van der Waals surface area contributed by atoms with Crippen LogP contribution >= 0.6 is 11.6 Å². The highest BCUT2D eigenvalue weighted by atomic mass is 35.5. The topological polar surface area (TPSA) is 58.4 Å². The Morgan fingerprint density at radius 3 is 2.29 bits per heavy atom. The number of hydrogen-bond donors (Lipinski definition) is 1. The van der Waals surface area contributed by atoms with Crippen molar-refractivity contribution in [2.75, 3.05) is 18.4 Å². The van der Waals surface area contributed by atoms with Gasteiger partial charge in [0.05, 0.1) is 15.5 Å². The summed E-state index contributed by atoms with van der Waals surface area (Å²) in [5, 5.41) is 13.8. The van der Waals surface area contributed by atoms with Gasteiger partial charge in [-0.25, -0.2) is 0 Å². The molecule has 1 aromatic rings. The van der Waals surface area contributed by atoms with Gasteiger partial charge in [0, 0.05) is 31.2 Å². The molecule has 5 nitrogen and oxygen atoms in total. The zero-order valence-electron chi connectivity index (χ0n) is 15.8. The van der Waals surface area contributed by atoms with Crippen molar-refractivity contribution in [1.29, 1.82) is 0 Å². The van der Waals surface area contributed by atoms with Gasteiger partial charge >= 0.3 is 6.18 Å². The number of nitrogens with one attached hydrogen (secondary N) is 1. The molecule has 9 heteroatoms. The van der Waals surface area contributed by atoms with E-state index in [1.54, 1.807) is 0 Å². The smallest absolute Gasteiger partial charge is 0.377 e. The second kappa shape index (κ2) is 8.45. The Labute approximate surface area is 167 Å². The third-order valence-electron chi connectivity index (χ3n) is 5.98. The van der Waals surface area contributed by atoms with Crippen LogP contribution in [0.15, 0.2) is 12.1 Å². The van der Waals surface area contributed by atoms with Gasteiger partial charge in [-0.3, -0.25) is 10.1 Å². The van der Waals surface area contributed by atoms with E-state index in [1.807, 2.05) is 0 Å². The summed E-state index contributed by atoms with van der Waals surface area (Å²) < 4.78 is 39.0. The summed E-state index contributed by atoms with van der Waals surface area (Å²) in [5.74, 6) is 0.792. The summed E-state index contributed by atoms with van der Waals surface area (Å²) in [4.78, 5) is 13.0. The Hall–Kier alpha value is -1.54.